The lowest BCUT2D eigenvalue weighted by molar-refractivity contribution is -0.137. The van der Waals surface area contributed by atoms with E-state index in [1.54, 1.807) is 12.4 Å². The van der Waals surface area contributed by atoms with Crippen molar-refractivity contribution in [1.29, 1.82) is 0 Å². The summed E-state index contributed by atoms with van der Waals surface area (Å²) in [4.78, 5) is 14.0. The van der Waals surface area contributed by atoms with Crippen molar-refractivity contribution < 1.29 is 9.90 Å². The van der Waals surface area contributed by atoms with Crippen LogP contribution in [-0.4, -0.2) is 16.1 Å². The van der Waals surface area contributed by atoms with E-state index in [-0.39, 0.29) is 6.42 Å². The fraction of sp³-hybridized carbons (Fsp3) is 0.200. The largest absolute Gasteiger partial charge is 0.481 e. The van der Waals surface area contributed by atoms with Crippen LogP contribution in [0.25, 0.3) is 0 Å². The van der Waals surface area contributed by atoms with Crippen molar-refractivity contribution >= 4 is 5.97 Å². The molecule has 1 aromatic carbocycles. The molecule has 0 aliphatic rings. The Balaban J connectivity index is 0.000000225. The molecule has 18 heavy (non-hydrogen) atoms. The molecule has 0 unspecified atom stereocenters. The van der Waals surface area contributed by atoms with Gasteiger partial charge in [0.25, 0.3) is 0 Å². The Morgan fingerprint density at radius 3 is 2.06 bits per heavy atom. The third-order valence-corrected chi connectivity index (χ3v) is 2.27. The first kappa shape index (κ1) is 13.9. The summed E-state index contributed by atoms with van der Waals surface area (Å²) in [6.45, 7) is 0. The number of benzene rings is 1. The minimum atomic E-state index is -0.717. The molecule has 1 heterocycles. The van der Waals surface area contributed by atoms with Crippen LogP contribution in [0.2, 0.25) is 0 Å². The summed E-state index contributed by atoms with van der Waals surface area (Å²) >= 11 is 0. The monoisotopic (exact) mass is 243 g/mol. The van der Waals surface area contributed by atoms with Gasteiger partial charge in [0.1, 0.15) is 0 Å². The second-order valence-corrected chi connectivity index (χ2v) is 3.76. The van der Waals surface area contributed by atoms with Crippen molar-refractivity contribution in [2.75, 3.05) is 0 Å². The van der Waals surface area contributed by atoms with Gasteiger partial charge in [-0.3, -0.25) is 9.78 Å². The number of hydrogen-bond acceptors (Lipinski definition) is 2. The van der Waals surface area contributed by atoms with Crippen molar-refractivity contribution in [2.45, 2.75) is 19.3 Å². The molecule has 0 atom stereocenters. The van der Waals surface area contributed by atoms with E-state index >= 15 is 0 Å². The number of carboxylic acid groups (broad SMARTS) is 1. The van der Waals surface area contributed by atoms with Gasteiger partial charge in [-0.05, 0) is 30.5 Å². The second kappa shape index (κ2) is 8.93. The summed E-state index contributed by atoms with van der Waals surface area (Å²) in [6, 6.07) is 15.6. The standard InChI is InChI=1S/C10H12O2.C5H5N/c11-10(12)8-4-7-9-5-2-1-3-6-9;1-2-4-6-5-3-1/h1-3,5-6H,4,7-8H2,(H,11,12);1-5H. The summed E-state index contributed by atoms with van der Waals surface area (Å²) in [5.74, 6) is -0.717. The predicted octanol–water partition coefficient (Wildman–Crippen LogP) is 3.18. The lowest BCUT2D eigenvalue weighted by Crippen LogP contribution is -1.95. The molecule has 0 bridgehead atoms. The minimum absolute atomic E-state index is 0.259. The highest BCUT2D eigenvalue weighted by Gasteiger charge is 1.96. The van der Waals surface area contributed by atoms with E-state index in [4.69, 9.17) is 5.11 Å². The van der Waals surface area contributed by atoms with Gasteiger partial charge in [-0.15, -0.1) is 0 Å². The number of hydrogen-bond donors (Lipinski definition) is 1. The molecule has 94 valence electrons. The van der Waals surface area contributed by atoms with E-state index in [2.05, 4.69) is 4.98 Å². The molecule has 0 aliphatic heterocycles. The summed E-state index contributed by atoms with van der Waals surface area (Å²) in [6.07, 6.45) is 5.33. The minimum Gasteiger partial charge on any atom is -0.481 e. The van der Waals surface area contributed by atoms with E-state index in [1.807, 2.05) is 48.5 Å². The first-order chi connectivity index (χ1) is 8.79. The third kappa shape index (κ3) is 7.17. The topological polar surface area (TPSA) is 50.2 Å². The average Bonchev–Trinajstić information content (AvgIpc) is 2.42. The molecule has 3 heteroatoms. The molecule has 0 spiro atoms. The van der Waals surface area contributed by atoms with Crippen LogP contribution < -0.4 is 0 Å². The number of rotatable bonds is 4. The number of carboxylic acids is 1. The van der Waals surface area contributed by atoms with Crippen LogP contribution in [-0.2, 0) is 11.2 Å². The van der Waals surface area contributed by atoms with Crippen LogP contribution in [0.3, 0.4) is 0 Å². The van der Waals surface area contributed by atoms with Gasteiger partial charge >= 0.3 is 5.97 Å². The number of aliphatic carboxylic acids is 1. The molecule has 0 saturated carbocycles. The molecular weight excluding hydrogens is 226 g/mol. The Morgan fingerprint density at radius 2 is 1.61 bits per heavy atom. The number of carbonyl (C=O) groups is 1. The van der Waals surface area contributed by atoms with E-state index in [0.29, 0.717) is 0 Å². The van der Waals surface area contributed by atoms with Crippen LogP contribution in [0.5, 0.6) is 0 Å². The SMILES string of the molecule is O=C(O)CCCc1ccccc1.c1ccncc1. The van der Waals surface area contributed by atoms with Crippen molar-refractivity contribution in [3.8, 4) is 0 Å². The number of aryl methyl sites for hydroxylation is 1. The average molecular weight is 243 g/mol. The molecule has 2 rings (SSSR count). The second-order valence-electron chi connectivity index (χ2n) is 3.76. The van der Waals surface area contributed by atoms with Crippen LogP contribution in [0.1, 0.15) is 18.4 Å². The van der Waals surface area contributed by atoms with Gasteiger partial charge in [-0.25, -0.2) is 0 Å². The molecule has 0 aliphatic carbocycles. The number of nitrogens with zero attached hydrogens (tertiary/aromatic N) is 1. The normalized spacial score (nSPS) is 9.11. The highest BCUT2D eigenvalue weighted by molar-refractivity contribution is 5.66. The zero-order chi connectivity index (χ0) is 13.1. The van der Waals surface area contributed by atoms with Gasteiger partial charge in [0.2, 0.25) is 0 Å². The Hall–Kier alpha value is -2.16. The quantitative estimate of drug-likeness (QED) is 0.897. The molecule has 1 aromatic heterocycles. The number of pyridine rings is 1. The maximum atomic E-state index is 10.2. The van der Waals surface area contributed by atoms with E-state index in [1.165, 1.54) is 5.56 Å². The van der Waals surface area contributed by atoms with Gasteiger partial charge < -0.3 is 5.11 Å². The maximum Gasteiger partial charge on any atom is 0.303 e. The van der Waals surface area contributed by atoms with Gasteiger partial charge in [-0.1, -0.05) is 36.4 Å². The van der Waals surface area contributed by atoms with Crippen molar-refractivity contribution in [3.05, 3.63) is 66.5 Å². The Labute approximate surface area is 107 Å². The smallest absolute Gasteiger partial charge is 0.303 e. The fourth-order valence-electron chi connectivity index (χ4n) is 1.40. The van der Waals surface area contributed by atoms with E-state index in [9.17, 15) is 4.79 Å². The van der Waals surface area contributed by atoms with Gasteiger partial charge in [-0.2, -0.15) is 0 Å². The summed E-state index contributed by atoms with van der Waals surface area (Å²) in [7, 11) is 0. The Morgan fingerprint density at radius 1 is 1.00 bits per heavy atom. The van der Waals surface area contributed by atoms with Crippen LogP contribution in [0, 0.1) is 0 Å². The van der Waals surface area contributed by atoms with Gasteiger partial charge in [0.15, 0.2) is 0 Å². The van der Waals surface area contributed by atoms with Crippen molar-refractivity contribution in [3.63, 3.8) is 0 Å². The predicted molar refractivity (Wildman–Crippen MR) is 71.3 cm³/mol. The zero-order valence-corrected chi connectivity index (χ0v) is 10.2. The van der Waals surface area contributed by atoms with Crippen molar-refractivity contribution in [1.82, 2.24) is 4.98 Å². The van der Waals surface area contributed by atoms with Crippen LogP contribution >= 0.6 is 0 Å². The molecule has 0 radical (unpaired) electrons. The summed E-state index contributed by atoms with van der Waals surface area (Å²) < 4.78 is 0. The summed E-state index contributed by atoms with van der Waals surface area (Å²) in [5.41, 5.74) is 1.21. The lowest BCUT2D eigenvalue weighted by atomic mass is 10.1. The van der Waals surface area contributed by atoms with Crippen LogP contribution in [0.4, 0.5) is 0 Å². The Kier molecular flexibility index (Phi) is 6.90. The lowest BCUT2D eigenvalue weighted by Gasteiger charge is -1.97. The highest BCUT2D eigenvalue weighted by Crippen LogP contribution is 2.03. The maximum absolute atomic E-state index is 10.2. The molecule has 0 fully saturated rings. The third-order valence-electron chi connectivity index (χ3n) is 2.27. The molecule has 1 N–H and O–H groups in total. The summed E-state index contributed by atoms with van der Waals surface area (Å²) in [5, 5.41) is 8.39. The van der Waals surface area contributed by atoms with Crippen LogP contribution in [0.15, 0.2) is 60.9 Å². The molecule has 2 aromatic rings. The molecule has 0 amide bonds. The fourth-order valence-corrected chi connectivity index (χ4v) is 1.40. The Bertz CT molecular complexity index is 402. The molecule has 3 nitrogen and oxygen atoms in total. The zero-order valence-electron chi connectivity index (χ0n) is 10.2. The highest BCUT2D eigenvalue weighted by atomic mass is 16.4. The molecule has 0 saturated heterocycles. The van der Waals surface area contributed by atoms with E-state index in [0.717, 1.165) is 12.8 Å². The van der Waals surface area contributed by atoms with Crippen molar-refractivity contribution in [2.24, 2.45) is 0 Å². The number of aromatic nitrogens is 1. The molecular formula is C15H17NO2. The first-order valence-corrected chi connectivity index (χ1v) is 5.90. The first-order valence-electron chi connectivity index (χ1n) is 5.90. The van der Waals surface area contributed by atoms with E-state index < -0.39 is 5.97 Å². The van der Waals surface area contributed by atoms with Gasteiger partial charge in [0.05, 0.1) is 0 Å². The van der Waals surface area contributed by atoms with Gasteiger partial charge in [0, 0.05) is 18.8 Å².